The van der Waals surface area contributed by atoms with Crippen LogP contribution in [-0.4, -0.2) is 31.0 Å². The van der Waals surface area contributed by atoms with Gasteiger partial charge in [-0.05, 0) is 13.3 Å². The maximum atomic E-state index is 12.3. The Kier molecular flexibility index (Phi) is 4.11. The van der Waals surface area contributed by atoms with Crippen LogP contribution in [0.1, 0.15) is 41.9 Å². The van der Waals surface area contributed by atoms with E-state index in [0.717, 1.165) is 55.3 Å². The van der Waals surface area contributed by atoms with Crippen LogP contribution in [0, 0.1) is 6.92 Å². The van der Waals surface area contributed by atoms with Crippen LogP contribution >= 0.6 is 0 Å². The molecule has 6 heteroatoms. The van der Waals surface area contributed by atoms with Crippen LogP contribution in [0.15, 0.2) is 11.0 Å². The summed E-state index contributed by atoms with van der Waals surface area (Å²) >= 11 is 0. The molecule has 0 atom stereocenters. The van der Waals surface area contributed by atoms with E-state index in [1.165, 1.54) is 5.69 Å². The molecule has 0 bridgehead atoms. The van der Waals surface area contributed by atoms with Crippen molar-refractivity contribution in [3.63, 3.8) is 0 Å². The summed E-state index contributed by atoms with van der Waals surface area (Å²) in [5.41, 5.74) is 3.00. The van der Waals surface area contributed by atoms with Crippen molar-refractivity contribution in [1.82, 2.24) is 24.4 Å². The van der Waals surface area contributed by atoms with Gasteiger partial charge in [0.05, 0.1) is 17.0 Å². The summed E-state index contributed by atoms with van der Waals surface area (Å²) in [5.74, 6) is 1.83. The number of aromatic nitrogens is 4. The Morgan fingerprint density at radius 1 is 1.41 bits per heavy atom. The first kappa shape index (κ1) is 15.0. The molecule has 118 valence electrons. The molecule has 2 aromatic heterocycles. The van der Waals surface area contributed by atoms with Gasteiger partial charge in [-0.3, -0.25) is 9.69 Å². The van der Waals surface area contributed by atoms with Crippen molar-refractivity contribution in [2.75, 3.05) is 6.54 Å². The Morgan fingerprint density at radius 2 is 2.23 bits per heavy atom. The van der Waals surface area contributed by atoms with Crippen molar-refractivity contribution in [1.29, 1.82) is 0 Å². The molecule has 3 rings (SSSR count). The van der Waals surface area contributed by atoms with Crippen molar-refractivity contribution < 1.29 is 0 Å². The monoisotopic (exact) mass is 301 g/mol. The van der Waals surface area contributed by atoms with Gasteiger partial charge >= 0.3 is 0 Å². The minimum absolute atomic E-state index is 0.0272. The third-order valence-electron chi connectivity index (χ3n) is 4.39. The van der Waals surface area contributed by atoms with E-state index in [4.69, 9.17) is 0 Å². The van der Waals surface area contributed by atoms with Crippen LogP contribution in [0.2, 0.25) is 0 Å². The lowest BCUT2D eigenvalue weighted by Crippen LogP contribution is -2.36. The van der Waals surface area contributed by atoms with Crippen LogP contribution in [0.25, 0.3) is 0 Å². The lowest BCUT2D eigenvalue weighted by atomic mass is 10.1. The highest BCUT2D eigenvalue weighted by molar-refractivity contribution is 5.21. The molecule has 0 amide bonds. The fourth-order valence-electron chi connectivity index (χ4n) is 2.95. The first-order chi connectivity index (χ1) is 10.6. The normalized spacial score (nSPS) is 15.0. The number of nitrogens with zero attached hydrogens (tertiary/aromatic N) is 4. The van der Waals surface area contributed by atoms with E-state index in [-0.39, 0.29) is 5.56 Å². The first-order valence-electron chi connectivity index (χ1n) is 7.89. The molecule has 0 aromatic carbocycles. The van der Waals surface area contributed by atoms with Gasteiger partial charge in [-0.25, -0.2) is 9.97 Å². The topological polar surface area (TPSA) is 66.8 Å². The van der Waals surface area contributed by atoms with Gasteiger partial charge in [-0.2, -0.15) is 0 Å². The lowest BCUT2D eigenvalue weighted by molar-refractivity contribution is 0.236. The summed E-state index contributed by atoms with van der Waals surface area (Å²) in [6.07, 6.45) is 4.58. The van der Waals surface area contributed by atoms with E-state index in [1.807, 2.05) is 20.2 Å². The van der Waals surface area contributed by atoms with E-state index in [2.05, 4.69) is 31.3 Å². The Balaban J connectivity index is 1.79. The van der Waals surface area contributed by atoms with E-state index < -0.39 is 0 Å². The predicted octanol–water partition coefficient (Wildman–Crippen LogP) is 1.32. The summed E-state index contributed by atoms with van der Waals surface area (Å²) in [4.78, 5) is 26.5. The second-order valence-electron chi connectivity index (χ2n) is 6.00. The van der Waals surface area contributed by atoms with Gasteiger partial charge in [-0.1, -0.05) is 6.92 Å². The Labute approximate surface area is 130 Å². The maximum Gasteiger partial charge on any atom is 0.255 e. The molecular weight excluding hydrogens is 278 g/mol. The number of aromatic amines is 1. The van der Waals surface area contributed by atoms with Crippen LogP contribution in [0.4, 0.5) is 0 Å². The van der Waals surface area contributed by atoms with Gasteiger partial charge in [0.1, 0.15) is 11.6 Å². The number of fused-ring (bicyclic) bond motifs is 1. The molecule has 1 aliphatic rings. The molecule has 0 saturated heterocycles. The fourth-order valence-corrected chi connectivity index (χ4v) is 2.95. The van der Waals surface area contributed by atoms with Gasteiger partial charge in [0.2, 0.25) is 0 Å². The summed E-state index contributed by atoms with van der Waals surface area (Å²) in [5, 5.41) is 0. The fraction of sp³-hybridized carbons (Fsp3) is 0.562. The minimum Gasteiger partial charge on any atom is -0.334 e. The number of hydrogen-bond acceptors (Lipinski definition) is 4. The predicted molar refractivity (Wildman–Crippen MR) is 84.6 cm³/mol. The molecule has 0 saturated carbocycles. The highest BCUT2D eigenvalue weighted by Crippen LogP contribution is 2.17. The molecule has 0 unspecified atom stereocenters. The molecular formula is C16H23N5O. The highest BCUT2D eigenvalue weighted by atomic mass is 16.1. The molecule has 2 aromatic rings. The number of nitrogens with one attached hydrogen (secondary N) is 1. The van der Waals surface area contributed by atoms with Crippen molar-refractivity contribution in [2.24, 2.45) is 7.05 Å². The molecule has 0 fully saturated rings. The average molecular weight is 301 g/mol. The van der Waals surface area contributed by atoms with Crippen molar-refractivity contribution in [3.8, 4) is 0 Å². The smallest absolute Gasteiger partial charge is 0.255 e. The summed E-state index contributed by atoms with van der Waals surface area (Å²) in [7, 11) is 2.03. The number of imidazole rings is 1. The van der Waals surface area contributed by atoms with Gasteiger partial charge in [0, 0.05) is 45.7 Å². The van der Waals surface area contributed by atoms with Crippen molar-refractivity contribution in [3.05, 3.63) is 45.2 Å². The van der Waals surface area contributed by atoms with Gasteiger partial charge in [-0.15, -0.1) is 0 Å². The zero-order valence-corrected chi connectivity index (χ0v) is 13.5. The highest BCUT2D eigenvalue weighted by Gasteiger charge is 2.21. The largest absolute Gasteiger partial charge is 0.334 e. The molecule has 0 aliphatic carbocycles. The Morgan fingerprint density at radius 3 is 2.91 bits per heavy atom. The van der Waals surface area contributed by atoms with Crippen LogP contribution in [-0.2, 0) is 33.0 Å². The molecule has 22 heavy (non-hydrogen) atoms. The van der Waals surface area contributed by atoms with Crippen LogP contribution < -0.4 is 5.56 Å². The number of rotatable bonds is 4. The van der Waals surface area contributed by atoms with Crippen molar-refractivity contribution in [2.45, 2.75) is 46.2 Å². The zero-order chi connectivity index (χ0) is 15.7. The molecule has 1 aliphatic heterocycles. The molecule has 0 spiro atoms. The van der Waals surface area contributed by atoms with Gasteiger partial charge < -0.3 is 9.55 Å². The summed E-state index contributed by atoms with van der Waals surface area (Å²) < 4.78 is 2.10. The minimum atomic E-state index is 0.0272. The van der Waals surface area contributed by atoms with Crippen molar-refractivity contribution >= 4 is 0 Å². The molecule has 6 nitrogen and oxygen atoms in total. The number of H-pyrrole nitrogens is 1. The molecule has 3 heterocycles. The SMILES string of the molecule is CCCc1nc2c(c(=O)[nH]1)CN(Cc1cnc(C)n1C)CC2. The Bertz CT molecular complexity index is 731. The van der Waals surface area contributed by atoms with E-state index >= 15 is 0 Å². The number of hydrogen-bond donors (Lipinski definition) is 1. The van der Waals surface area contributed by atoms with Gasteiger partial charge in [0.15, 0.2) is 0 Å². The quantitative estimate of drug-likeness (QED) is 0.925. The second-order valence-corrected chi connectivity index (χ2v) is 6.00. The van der Waals surface area contributed by atoms with Gasteiger partial charge in [0.25, 0.3) is 5.56 Å². The van der Waals surface area contributed by atoms with E-state index in [0.29, 0.717) is 6.54 Å². The standard InChI is InChI=1S/C16H23N5O/c1-4-5-15-18-14-6-7-21(10-13(14)16(22)19-15)9-12-8-17-11(2)20(12)3/h8H,4-7,9-10H2,1-3H3,(H,18,19,22). The molecule has 0 radical (unpaired) electrons. The third kappa shape index (κ3) is 2.83. The maximum absolute atomic E-state index is 12.3. The second kappa shape index (κ2) is 6.04. The summed E-state index contributed by atoms with van der Waals surface area (Å²) in [6.45, 7) is 6.50. The van der Waals surface area contributed by atoms with E-state index in [1.54, 1.807) is 0 Å². The number of aryl methyl sites for hydroxylation is 2. The Hall–Kier alpha value is -1.95. The average Bonchev–Trinajstić information content (AvgIpc) is 2.80. The molecule has 1 N–H and O–H groups in total. The zero-order valence-electron chi connectivity index (χ0n) is 13.5. The van der Waals surface area contributed by atoms with Crippen LogP contribution in [0.3, 0.4) is 0 Å². The van der Waals surface area contributed by atoms with Crippen LogP contribution in [0.5, 0.6) is 0 Å². The lowest BCUT2D eigenvalue weighted by Gasteiger charge is -2.27. The first-order valence-corrected chi connectivity index (χ1v) is 7.89. The van der Waals surface area contributed by atoms with E-state index in [9.17, 15) is 4.79 Å². The summed E-state index contributed by atoms with van der Waals surface area (Å²) in [6, 6.07) is 0. The third-order valence-corrected chi connectivity index (χ3v) is 4.39.